The second-order valence-corrected chi connectivity index (χ2v) is 14.5. The molecule has 0 spiro atoms. The quantitative estimate of drug-likeness (QED) is 0.160. The Morgan fingerprint density at radius 1 is 0.268 bits per heavy atom. The highest BCUT2D eigenvalue weighted by Crippen LogP contribution is 2.41. The van der Waals surface area contributed by atoms with Crippen LogP contribution >= 0.6 is 0 Å². The molecule has 10 aromatic carbocycles. The molecule has 0 aliphatic heterocycles. The van der Waals surface area contributed by atoms with E-state index in [0.29, 0.717) is 0 Å². The molecule has 0 amide bonds. The fourth-order valence-electron chi connectivity index (χ4n) is 8.43. The van der Waals surface area contributed by atoms with Gasteiger partial charge in [0, 0.05) is 27.8 Å². The summed E-state index contributed by atoms with van der Waals surface area (Å²) in [6.45, 7) is 0. The molecule has 0 bridgehead atoms. The second kappa shape index (κ2) is 13.2. The summed E-state index contributed by atoms with van der Waals surface area (Å²) in [7, 11) is 0. The van der Waals surface area contributed by atoms with E-state index in [-0.39, 0.29) is 0 Å². The third-order valence-corrected chi connectivity index (χ3v) is 11.2. The number of benzene rings is 10. The molecule has 2 nitrogen and oxygen atoms in total. The van der Waals surface area contributed by atoms with E-state index >= 15 is 0 Å². The molecule has 0 N–H and O–H groups in total. The van der Waals surface area contributed by atoms with Crippen molar-refractivity contribution in [2.45, 2.75) is 0 Å². The molecule has 56 heavy (non-hydrogen) atoms. The highest BCUT2D eigenvalue weighted by atomic mass is 16.3. The smallest absolute Gasteiger partial charge is 0.136 e. The lowest BCUT2D eigenvalue weighted by Gasteiger charge is -2.26. The predicted molar refractivity (Wildman–Crippen MR) is 237 cm³/mol. The van der Waals surface area contributed by atoms with Gasteiger partial charge < -0.3 is 9.32 Å². The van der Waals surface area contributed by atoms with Gasteiger partial charge in [-0.25, -0.2) is 0 Å². The van der Waals surface area contributed by atoms with Crippen molar-refractivity contribution < 1.29 is 4.42 Å². The molecular formula is C54H35NO. The zero-order valence-electron chi connectivity index (χ0n) is 30.6. The van der Waals surface area contributed by atoms with E-state index in [1.165, 1.54) is 54.6 Å². The van der Waals surface area contributed by atoms with Crippen LogP contribution in [0.15, 0.2) is 217 Å². The Labute approximate surface area is 325 Å². The summed E-state index contributed by atoms with van der Waals surface area (Å²) in [5.74, 6) is 0. The van der Waals surface area contributed by atoms with Crippen LogP contribution in [-0.4, -0.2) is 0 Å². The van der Waals surface area contributed by atoms with Crippen molar-refractivity contribution >= 4 is 71.3 Å². The third kappa shape index (κ3) is 5.51. The Kier molecular flexibility index (Phi) is 7.53. The summed E-state index contributed by atoms with van der Waals surface area (Å²) in [5, 5.41) is 9.74. The van der Waals surface area contributed by atoms with Crippen LogP contribution in [0.4, 0.5) is 17.1 Å². The van der Waals surface area contributed by atoms with E-state index < -0.39 is 0 Å². The number of fused-ring (bicyclic) bond motifs is 7. The normalized spacial score (nSPS) is 11.6. The summed E-state index contributed by atoms with van der Waals surface area (Å²) in [4.78, 5) is 2.36. The molecule has 0 radical (unpaired) electrons. The zero-order chi connectivity index (χ0) is 37.0. The van der Waals surface area contributed by atoms with Crippen molar-refractivity contribution in [2.75, 3.05) is 4.90 Å². The van der Waals surface area contributed by atoms with Gasteiger partial charge in [0.05, 0.1) is 0 Å². The standard InChI is InChI=1S/C54H35NO/c1-2-11-36(12-3-1)39-16-10-17-46(31-39)55(45-28-23-38(24-29-45)50-34-43-15-6-7-18-47(43)48-19-8-9-20-49(48)50)44-26-21-37(22-27-44)42-25-30-53-51(33-42)52-32-40-13-4-5-14-41(40)35-54(52)56-53/h1-35H. The molecule has 2 heteroatoms. The van der Waals surface area contributed by atoms with Crippen molar-refractivity contribution in [1.82, 2.24) is 0 Å². The van der Waals surface area contributed by atoms with Gasteiger partial charge in [-0.3, -0.25) is 0 Å². The SMILES string of the molecule is c1ccc(-c2cccc(N(c3ccc(-c4ccc5oc6cc7ccccc7cc6c5c4)cc3)c3ccc(-c4cc5ccccc5c5ccccc45)cc3)c2)cc1. The average molecular weight is 714 g/mol. The molecule has 0 atom stereocenters. The van der Waals surface area contributed by atoms with Gasteiger partial charge in [0.1, 0.15) is 11.2 Å². The summed E-state index contributed by atoms with van der Waals surface area (Å²) in [6.07, 6.45) is 0. The minimum Gasteiger partial charge on any atom is -0.456 e. The number of hydrogen-bond donors (Lipinski definition) is 0. The fraction of sp³-hybridized carbons (Fsp3) is 0. The Bertz CT molecular complexity index is 3230. The van der Waals surface area contributed by atoms with Crippen LogP contribution in [0.2, 0.25) is 0 Å². The van der Waals surface area contributed by atoms with Gasteiger partial charge in [0.2, 0.25) is 0 Å². The summed E-state index contributed by atoms with van der Waals surface area (Å²) in [6, 6.07) is 76.5. The predicted octanol–water partition coefficient (Wildman–Crippen LogP) is 15.5. The van der Waals surface area contributed by atoms with E-state index in [1.807, 2.05) is 0 Å². The molecule has 1 heterocycles. The minimum absolute atomic E-state index is 0.903. The first-order valence-corrected chi connectivity index (χ1v) is 19.2. The molecule has 262 valence electrons. The van der Waals surface area contributed by atoms with Crippen LogP contribution < -0.4 is 4.90 Å². The minimum atomic E-state index is 0.903. The van der Waals surface area contributed by atoms with E-state index in [2.05, 4.69) is 217 Å². The Morgan fingerprint density at radius 3 is 1.59 bits per heavy atom. The lowest BCUT2D eigenvalue weighted by Crippen LogP contribution is -2.10. The average Bonchev–Trinajstić information content (AvgIpc) is 3.63. The molecular weight excluding hydrogens is 679 g/mol. The molecule has 0 aliphatic carbocycles. The highest BCUT2D eigenvalue weighted by molar-refractivity contribution is 6.14. The van der Waals surface area contributed by atoms with Gasteiger partial charge in [0.25, 0.3) is 0 Å². The first-order chi connectivity index (χ1) is 27.7. The molecule has 1 aromatic heterocycles. The zero-order valence-corrected chi connectivity index (χ0v) is 30.6. The van der Waals surface area contributed by atoms with Gasteiger partial charge in [-0.2, -0.15) is 0 Å². The topological polar surface area (TPSA) is 16.4 Å². The number of rotatable bonds is 6. The first-order valence-electron chi connectivity index (χ1n) is 19.2. The van der Waals surface area contributed by atoms with Crippen LogP contribution in [0.3, 0.4) is 0 Å². The molecule has 11 aromatic rings. The van der Waals surface area contributed by atoms with Gasteiger partial charge in [0.15, 0.2) is 0 Å². The van der Waals surface area contributed by atoms with Crippen LogP contribution in [0.25, 0.3) is 87.6 Å². The molecule has 0 fully saturated rings. The second-order valence-electron chi connectivity index (χ2n) is 14.5. The van der Waals surface area contributed by atoms with Gasteiger partial charge in [-0.1, -0.05) is 146 Å². The highest BCUT2D eigenvalue weighted by Gasteiger charge is 2.16. The van der Waals surface area contributed by atoms with Crippen LogP contribution in [0, 0.1) is 0 Å². The summed E-state index contributed by atoms with van der Waals surface area (Å²) < 4.78 is 6.31. The summed E-state index contributed by atoms with van der Waals surface area (Å²) in [5.41, 5.74) is 12.2. The van der Waals surface area contributed by atoms with E-state index in [9.17, 15) is 0 Å². The van der Waals surface area contributed by atoms with Crippen molar-refractivity contribution in [2.24, 2.45) is 0 Å². The monoisotopic (exact) mass is 713 g/mol. The largest absolute Gasteiger partial charge is 0.456 e. The third-order valence-electron chi connectivity index (χ3n) is 11.2. The lowest BCUT2D eigenvalue weighted by atomic mass is 9.93. The van der Waals surface area contributed by atoms with Crippen molar-refractivity contribution in [1.29, 1.82) is 0 Å². The van der Waals surface area contributed by atoms with Crippen LogP contribution in [0.1, 0.15) is 0 Å². The summed E-state index contributed by atoms with van der Waals surface area (Å²) >= 11 is 0. The first kappa shape index (κ1) is 32.0. The van der Waals surface area contributed by atoms with E-state index in [0.717, 1.165) is 50.1 Å². The Morgan fingerprint density at radius 2 is 0.821 bits per heavy atom. The van der Waals surface area contributed by atoms with Gasteiger partial charge >= 0.3 is 0 Å². The number of nitrogens with zero attached hydrogens (tertiary/aromatic N) is 1. The maximum atomic E-state index is 6.31. The number of hydrogen-bond acceptors (Lipinski definition) is 2. The number of furan rings is 1. The number of anilines is 3. The fourth-order valence-corrected chi connectivity index (χ4v) is 8.43. The lowest BCUT2D eigenvalue weighted by molar-refractivity contribution is 0.669. The van der Waals surface area contributed by atoms with Crippen molar-refractivity contribution in [3.05, 3.63) is 212 Å². The van der Waals surface area contributed by atoms with E-state index in [1.54, 1.807) is 0 Å². The van der Waals surface area contributed by atoms with E-state index in [4.69, 9.17) is 4.42 Å². The van der Waals surface area contributed by atoms with Gasteiger partial charge in [-0.15, -0.1) is 0 Å². The molecule has 0 saturated carbocycles. The van der Waals surface area contributed by atoms with Crippen molar-refractivity contribution in [3.63, 3.8) is 0 Å². The van der Waals surface area contributed by atoms with Crippen LogP contribution in [-0.2, 0) is 0 Å². The Balaban J connectivity index is 1.00. The molecule has 0 saturated heterocycles. The molecule has 0 aliphatic rings. The maximum absolute atomic E-state index is 6.31. The van der Waals surface area contributed by atoms with Crippen LogP contribution in [0.5, 0.6) is 0 Å². The maximum Gasteiger partial charge on any atom is 0.136 e. The Hall–Kier alpha value is -7.42. The van der Waals surface area contributed by atoms with Gasteiger partial charge in [-0.05, 0) is 132 Å². The molecule has 0 unspecified atom stereocenters. The van der Waals surface area contributed by atoms with Crippen molar-refractivity contribution in [3.8, 4) is 33.4 Å². The molecule has 11 rings (SSSR count).